The minimum absolute atomic E-state index is 0.287. The molecule has 1 atom stereocenters. The predicted molar refractivity (Wildman–Crippen MR) is 102 cm³/mol. The third kappa shape index (κ3) is 2.29. The molecule has 5 nitrogen and oxygen atoms in total. The molecule has 0 aliphatic carbocycles. The Morgan fingerprint density at radius 1 is 0.704 bits per heavy atom. The highest BCUT2D eigenvalue weighted by molar-refractivity contribution is 7.67. The Bertz CT molecular complexity index is 1140. The maximum atomic E-state index is 13.8. The van der Waals surface area contributed by atoms with Gasteiger partial charge in [0.05, 0.1) is 16.4 Å². The largest absolute Gasteiger partial charge is 0.438 e. The fraction of sp³-hybridized carbons (Fsp3) is 0.0476. The summed E-state index contributed by atoms with van der Waals surface area (Å²) >= 11 is 0. The number of imide groups is 1. The number of fused-ring (bicyclic) bond motifs is 4. The number of benzene rings is 3. The summed E-state index contributed by atoms with van der Waals surface area (Å²) < 4.78 is 19.8. The molecule has 0 saturated heterocycles. The summed E-state index contributed by atoms with van der Waals surface area (Å²) in [5, 5.41) is 0.528. The van der Waals surface area contributed by atoms with Crippen molar-refractivity contribution in [1.82, 2.24) is 4.90 Å². The van der Waals surface area contributed by atoms with E-state index in [0.29, 0.717) is 22.2 Å². The highest BCUT2D eigenvalue weighted by Gasteiger charge is 2.44. The Morgan fingerprint density at radius 2 is 1.22 bits per heavy atom. The third-order valence-electron chi connectivity index (χ3n) is 4.90. The molecule has 5 rings (SSSR count). The first-order valence-electron chi connectivity index (χ1n) is 8.51. The van der Waals surface area contributed by atoms with Crippen LogP contribution in [0.25, 0.3) is 11.1 Å². The van der Waals surface area contributed by atoms with Crippen LogP contribution in [0.4, 0.5) is 0 Å². The van der Waals surface area contributed by atoms with E-state index < -0.39 is 19.2 Å². The van der Waals surface area contributed by atoms with Gasteiger partial charge in [-0.1, -0.05) is 48.5 Å². The minimum atomic E-state index is -3.50. The molecule has 2 aliphatic rings. The van der Waals surface area contributed by atoms with Gasteiger partial charge in [0.1, 0.15) is 12.0 Å². The number of hydrogen-bond donors (Lipinski definition) is 0. The van der Waals surface area contributed by atoms with E-state index in [-0.39, 0.29) is 6.29 Å². The molecule has 3 aromatic rings. The summed E-state index contributed by atoms with van der Waals surface area (Å²) in [5.74, 6) is -0.382. The summed E-state index contributed by atoms with van der Waals surface area (Å²) in [7, 11) is -3.50. The van der Waals surface area contributed by atoms with E-state index in [1.165, 1.54) is 0 Å². The van der Waals surface area contributed by atoms with Crippen LogP contribution in [0.2, 0.25) is 0 Å². The van der Waals surface area contributed by atoms with Crippen LogP contribution in [0.5, 0.6) is 5.75 Å². The van der Waals surface area contributed by atoms with Crippen LogP contribution in [0.3, 0.4) is 0 Å². The summed E-state index contributed by atoms with van der Waals surface area (Å²) in [6.45, 7) is 0. The fourth-order valence-corrected chi connectivity index (χ4v) is 5.92. The molecule has 0 N–H and O–H groups in total. The van der Waals surface area contributed by atoms with Crippen LogP contribution in [0.15, 0.2) is 72.8 Å². The van der Waals surface area contributed by atoms with Crippen molar-refractivity contribution in [3.8, 4) is 16.9 Å². The van der Waals surface area contributed by atoms with Crippen molar-refractivity contribution in [3.63, 3.8) is 0 Å². The summed E-state index contributed by atoms with van der Waals surface area (Å²) in [4.78, 5) is 26.5. The second kappa shape index (κ2) is 5.66. The normalized spacial score (nSPS) is 19.9. The number of carbonyl (C=O) groups excluding carboxylic acids is 2. The van der Waals surface area contributed by atoms with Crippen molar-refractivity contribution in [2.75, 3.05) is 6.29 Å². The van der Waals surface area contributed by atoms with Crippen molar-refractivity contribution >= 4 is 24.5 Å². The van der Waals surface area contributed by atoms with Crippen LogP contribution in [0, 0.1) is 0 Å². The van der Waals surface area contributed by atoms with Crippen LogP contribution in [0.1, 0.15) is 20.7 Å². The van der Waals surface area contributed by atoms with Gasteiger partial charge in [0.15, 0.2) is 0 Å². The average molecular weight is 375 g/mol. The topological polar surface area (TPSA) is 63.7 Å². The van der Waals surface area contributed by atoms with Gasteiger partial charge in [0.2, 0.25) is 0 Å². The van der Waals surface area contributed by atoms with Gasteiger partial charge in [0.25, 0.3) is 19.2 Å². The van der Waals surface area contributed by atoms with Crippen molar-refractivity contribution < 1.29 is 18.7 Å². The fourth-order valence-electron chi connectivity index (χ4n) is 3.63. The number of hydrogen-bond acceptors (Lipinski definition) is 4. The van der Waals surface area contributed by atoms with Gasteiger partial charge in [-0.3, -0.25) is 19.1 Å². The molecule has 2 aliphatic heterocycles. The number of para-hydroxylation sites is 1. The van der Waals surface area contributed by atoms with Gasteiger partial charge in [-0.25, -0.2) is 0 Å². The third-order valence-corrected chi connectivity index (χ3v) is 7.17. The molecule has 27 heavy (non-hydrogen) atoms. The summed E-state index contributed by atoms with van der Waals surface area (Å²) in [6.07, 6.45) is -0.287. The number of carbonyl (C=O) groups is 2. The SMILES string of the molecule is O=C1c2ccccc2C(=O)N1CP1(=O)Oc2ccccc2-c2ccccc21. The van der Waals surface area contributed by atoms with E-state index in [1.54, 1.807) is 48.5 Å². The van der Waals surface area contributed by atoms with E-state index >= 15 is 0 Å². The first-order valence-corrected chi connectivity index (χ1v) is 10.3. The molecule has 0 spiro atoms. The molecule has 0 bridgehead atoms. The lowest BCUT2D eigenvalue weighted by molar-refractivity contribution is 0.0677. The quantitative estimate of drug-likeness (QED) is 0.503. The van der Waals surface area contributed by atoms with E-state index in [1.807, 2.05) is 24.3 Å². The Hall–Kier alpha value is -3.17. The van der Waals surface area contributed by atoms with Gasteiger partial charge in [-0.05, 0) is 29.8 Å². The minimum Gasteiger partial charge on any atom is -0.438 e. The zero-order valence-electron chi connectivity index (χ0n) is 14.2. The van der Waals surface area contributed by atoms with Crippen molar-refractivity contribution in [2.24, 2.45) is 0 Å². The number of rotatable bonds is 2. The van der Waals surface area contributed by atoms with Gasteiger partial charge in [0, 0.05) is 5.56 Å². The van der Waals surface area contributed by atoms with Gasteiger partial charge in [-0.2, -0.15) is 0 Å². The van der Waals surface area contributed by atoms with E-state index in [0.717, 1.165) is 16.0 Å². The molecular formula is C21H14NO4P. The smallest absolute Gasteiger partial charge is 0.297 e. The summed E-state index contributed by atoms with van der Waals surface area (Å²) in [5.41, 5.74) is 2.32. The first kappa shape index (κ1) is 16.0. The van der Waals surface area contributed by atoms with Crippen LogP contribution in [-0.4, -0.2) is 23.0 Å². The number of amides is 2. The predicted octanol–water partition coefficient (Wildman–Crippen LogP) is 3.90. The average Bonchev–Trinajstić information content (AvgIpc) is 2.93. The van der Waals surface area contributed by atoms with E-state index in [4.69, 9.17) is 4.52 Å². The highest BCUT2D eigenvalue weighted by Crippen LogP contribution is 2.55. The highest BCUT2D eigenvalue weighted by atomic mass is 31.2. The van der Waals surface area contributed by atoms with Crippen molar-refractivity contribution in [1.29, 1.82) is 0 Å². The maximum absolute atomic E-state index is 13.8. The summed E-state index contributed by atoms with van der Waals surface area (Å²) in [6, 6.07) is 21.2. The molecular weight excluding hydrogens is 361 g/mol. The molecule has 2 amide bonds. The van der Waals surface area contributed by atoms with Crippen LogP contribution >= 0.6 is 7.37 Å². The van der Waals surface area contributed by atoms with Crippen LogP contribution in [-0.2, 0) is 4.57 Å². The number of nitrogens with zero attached hydrogens (tertiary/aromatic N) is 1. The Kier molecular flexibility index (Phi) is 3.36. The second-order valence-corrected chi connectivity index (χ2v) is 8.80. The molecule has 6 heteroatoms. The molecule has 0 radical (unpaired) electrons. The first-order chi connectivity index (χ1) is 13.1. The molecule has 132 valence electrons. The van der Waals surface area contributed by atoms with Crippen molar-refractivity contribution in [2.45, 2.75) is 0 Å². The lowest BCUT2D eigenvalue weighted by Crippen LogP contribution is -2.34. The van der Waals surface area contributed by atoms with E-state index in [9.17, 15) is 14.2 Å². The van der Waals surface area contributed by atoms with Crippen molar-refractivity contribution in [3.05, 3.63) is 83.9 Å². The molecule has 1 unspecified atom stereocenters. The maximum Gasteiger partial charge on any atom is 0.297 e. The molecule has 0 fully saturated rings. The molecule has 0 aromatic heterocycles. The standard InChI is InChI=1S/C21H14NO4P/c23-20-16-9-1-2-10-17(16)21(24)22(20)13-27(25)19-12-6-4-8-15(19)14-7-3-5-11-18(14)26-27/h1-12H,13H2. The van der Waals surface area contributed by atoms with Crippen LogP contribution < -0.4 is 9.83 Å². The Labute approximate surface area is 155 Å². The van der Waals surface area contributed by atoms with Gasteiger partial charge in [-0.15, -0.1) is 0 Å². The molecule has 2 heterocycles. The Morgan fingerprint density at radius 3 is 1.89 bits per heavy atom. The lowest BCUT2D eigenvalue weighted by Gasteiger charge is -2.30. The molecule has 3 aromatic carbocycles. The molecule has 0 saturated carbocycles. The zero-order chi connectivity index (χ0) is 18.6. The Balaban J connectivity index is 1.60. The van der Waals surface area contributed by atoms with E-state index in [2.05, 4.69) is 0 Å². The van der Waals surface area contributed by atoms with Gasteiger partial charge >= 0.3 is 0 Å². The second-order valence-electron chi connectivity index (χ2n) is 6.50. The van der Waals surface area contributed by atoms with Gasteiger partial charge < -0.3 is 4.52 Å². The monoisotopic (exact) mass is 375 g/mol. The lowest BCUT2D eigenvalue weighted by atomic mass is 10.0. The zero-order valence-corrected chi connectivity index (χ0v) is 15.1.